The molecule has 15 heavy (non-hydrogen) atoms. The Labute approximate surface area is 94.4 Å². The van der Waals surface area contributed by atoms with Gasteiger partial charge in [0.05, 0.1) is 13.0 Å². The van der Waals surface area contributed by atoms with Gasteiger partial charge in [0.15, 0.2) is 0 Å². The van der Waals surface area contributed by atoms with E-state index >= 15 is 0 Å². The van der Waals surface area contributed by atoms with Gasteiger partial charge < -0.3 is 4.74 Å². The van der Waals surface area contributed by atoms with Crippen molar-refractivity contribution in [1.82, 2.24) is 0 Å². The molecule has 0 saturated heterocycles. The fourth-order valence-electron chi connectivity index (χ4n) is 2.39. The molecule has 0 aliphatic rings. The Bertz CT molecular complexity index is 201. The normalized spacial score (nSPS) is 16.3. The zero-order chi connectivity index (χ0) is 12.2. The Morgan fingerprint density at radius 1 is 1.20 bits per heavy atom. The monoisotopic (exact) mass is 214 g/mol. The van der Waals surface area contributed by atoms with Gasteiger partial charge in [0.2, 0.25) is 0 Å². The Kier molecular flexibility index (Phi) is 5.33. The van der Waals surface area contributed by atoms with Crippen LogP contribution in [-0.2, 0) is 9.53 Å². The van der Waals surface area contributed by atoms with Crippen molar-refractivity contribution >= 4 is 5.97 Å². The van der Waals surface area contributed by atoms with Crippen molar-refractivity contribution in [3.05, 3.63) is 0 Å². The Morgan fingerprint density at radius 2 is 1.67 bits per heavy atom. The molecule has 2 heteroatoms. The van der Waals surface area contributed by atoms with Crippen LogP contribution in [0.5, 0.6) is 0 Å². The molecule has 2 unspecified atom stereocenters. The van der Waals surface area contributed by atoms with E-state index in [-0.39, 0.29) is 17.3 Å². The van der Waals surface area contributed by atoms with Gasteiger partial charge in [-0.2, -0.15) is 0 Å². The predicted octanol–water partition coefficient (Wildman–Crippen LogP) is 3.50. The summed E-state index contributed by atoms with van der Waals surface area (Å²) < 4.78 is 4.87. The van der Waals surface area contributed by atoms with Gasteiger partial charge >= 0.3 is 5.97 Å². The molecule has 0 aliphatic carbocycles. The van der Waals surface area contributed by atoms with Gasteiger partial charge in [0.25, 0.3) is 0 Å². The summed E-state index contributed by atoms with van der Waals surface area (Å²) in [5.74, 6) is 0.670. The molecule has 0 N–H and O–H groups in total. The molecule has 90 valence electrons. The highest BCUT2D eigenvalue weighted by Gasteiger charge is 2.31. The molecule has 0 radical (unpaired) electrons. The van der Waals surface area contributed by atoms with Gasteiger partial charge in [-0.1, -0.05) is 41.5 Å². The van der Waals surface area contributed by atoms with Crippen LogP contribution in [0.2, 0.25) is 0 Å². The Balaban J connectivity index is 4.57. The van der Waals surface area contributed by atoms with Gasteiger partial charge in [-0.05, 0) is 23.7 Å². The molecule has 0 fully saturated rings. The summed E-state index contributed by atoms with van der Waals surface area (Å²) in [6.45, 7) is 12.9. The third kappa shape index (κ3) is 5.19. The maximum Gasteiger partial charge on any atom is 0.309 e. The quantitative estimate of drug-likeness (QED) is 0.669. The van der Waals surface area contributed by atoms with Crippen molar-refractivity contribution in [2.75, 3.05) is 7.11 Å². The maximum atomic E-state index is 11.7. The average Bonchev–Trinajstić information content (AvgIpc) is 1.99. The Morgan fingerprint density at radius 3 is 1.93 bits per heavy atom. The van der Waals surface area contributed by atoms with Gasteiger partial charge in [-0.25, -0.2) is 0 Å². The van der Waals surface area contributed by atoms with E-state index in [4.69, 9.17) is 4.74 Å². The molecular weight excluding hydrogens is 188 g/mol. The lowest BCUT2D eigenvalue weighted by Crippen LogP contribution is -2.30. The first-order chi connectivity index (χ1) is 6.69. The molecule has 0 rings (SSSR count). The van der Waals surface area contributed by atoms with E-state index in [1.54, 1.807) is 0 Å². The van der Waals surface area contributed by atoms with E-state index in [9.17, 15) is 4.79 Å². The Hall–Kier alpha value is -0.530. The number of esters is 1. The summed E-state index contributed by atoms with van der Waals surface area (Å²) in [6, 6.07) is 0. The number of rotatable bonds is 4. The molecule has 0 aromatic rings. The second-order valence-electron chi connectivity index (χ2n) is 6.04. The standard InChI is InChI=1S/C13H26O2/c1-9(2)11(12(14)15-7)10(3)8-13(4,5)6/h9-11H,8H2,1-7H3. The van der Waals surface area contributed by atoms with Crippen molar-refractivity contribution in [1.29, 1.82) is 0 Å². The average molecular weight is 214 g/mol. The van der Waals surface area contributed by atoms with Crippen LogP contribution in [0, 0.1) is 23.2 Å². The molecule has 0 aromatic heterocycles. The SMILES string of the molecule is COC(=O)C(C(C)C)C(C)CC(C)(C)C. The minimum Gasteiger partial charge on any atom is -0.469 e. The smallest absolute Gasteiger partial charge is 0.309 e. The van der Waals surface area contributed by atoms with E-state index < -0.39 is 0 Å². The minimum atomic E-state index is -0.0678. The summed E-state index contributed by atoms with van der Waals surface area (Å²) in [5.41, 5.74) is 0.264. The van der Waals surface area contributed by atoms with E-state index in [0.717, 1.165) is 6.42 Å². The molecule has 0 aliphatic heterocycles. The zero-order valence-corrected chi connectivity index (χ0v) is 11.3. The van der Waals surface area contributed by atoms with Crippen molar-refractivity contribution in [3.8, 4) is 0 Å². The maximum absolute atomic E-state index is 11.7. The molecule has 2 atom stereocenters. The van der Waals surface area contributed by atoms with E-state index in [0.29, 0.717) is 11.8 Å². The molecule has 0 spiro atoms. The lowest BCUT2D eigenvalue weighted by Gasteiger charge is -2.30. The highest BCUT2D eigenvalue weighted by atomic mass is 16.5. The first-order valence-corrected chi connectivity index (χ1v) is 5.77. The van der Waals surface area contributed by atoms with Crippen LogP contribution in [0.15, 0.2) is 0 Å². The molecule has 0 bridgehead atoms. The van der Waals surface area contributed by atoms with Crippen LogP contribution in [-0.4, -0.2) is 13.1 Å². The first-order valence-electron chi connectivity index (χ1n) is 5.77. The predicted molar refractivity (Wildman–Crippen MR) is 63.6 cm³/mol. The lowest BCUT2D eigenvalue weighted by molar-refractivity contribution is -0.149. The van der Waals surface area contributed by atoms with Gasteiger partial charge in [0.1, 0.15) is 0 Å². The van der Waals surface area contributed by atoms with Crippen molar-refractivity contribution in [3.63, 3.8) is 0 Å². The number of methoxy groups -OCH3 is 1. The third-order valence-electron chi connectivity index (χ3n) is 2.74. The van der Waals surface area contributed by atoms with Crippen molar-refractivity contribution in [2.24, 2.45) is 23.2 Å². The van der Waals surface area contributed by atoms with Crippen LogP contribution >= 0.6 is 0 Å². The van der Waals surface area contributed by atoms with Gasteiger partial charge in [-0.3, -0.25) is 4.79 Å². The highest BCUT2D eigenvalue weighted by Crippen LogP contribution is 2.32. The summed E-state index contributed by atoms with van der Waals surface area (Å²) in [4.78, 5) is 11.7. The molecule has 0 saturated carbocycles. The largest absolute Gasteiger partial charge is 0.469 e. The highest BCUT2D eigenvalue weighted by molar-refractivity contribution is 5.72. The first kappa shape index (κ1) is 14.5. The molecule has 2 nitrogen and oxygen atoms in total. The van der Waals surface area contributed by atoms with Crippen LogP contribution < -0.4 is 0 Å². The van der Waals surface area contributed by atoms with E-state index in [2.05, 4.69) is 41.5 Å². The fraction of sp³-hybridized carbons (Fsp3) is 0.923. The molecule has 0 amide bonds. The van der Waals surface area contributed by atoms with Crippen molar-refractivity contribution < 1.29 is 9.53 Å². The third-order valence-corrected chi connectivity index (χ3v) is 2.74. The lowest BCUT2D eigenvalue weighted by atomic mass is 9.75. The number of ether oxygens (including phenoxy) is 1. The van der Waals surface area contributed by atoms with E-state index in [1.807, 2.05) is 0 Å². The van der Waals surface area contributed by atoms with Gasteiger partial charge in [-0.15, -0.1) is 0 Å². The van der Waals surface area contributed by atoms with Crippen LogP contribution in [0.1, 0.15) is 48.0 Å². The number of carbonyl (C=O) groups is 1. The van der Waals surface area contributed by atoms with Crippen LogP contribution in [0.25, 0.3) is 0 Å². The molecular formula is C13H26O2. The summed E-state index contributed by atoms with van der Waals surface area (Å²) >= 11 is 0. The summed E-state index contributed by atoms with van der Waals surface area (Å²) in [6.07, 6.45) is 1.05. The minimum absolute atomic E-state index is 0.0224. The second-order valence-corrected chi connectivity index (χ2v) is 6.04. The number of hydrogen-bond acceptors (Lipinski definition) is 2. The fourth-order valence-corrected chi connectivity index (χ4v) is 2.39. The van der Waals surface area contributed by atoms with Gasteiger partial charge in [0, 0.05) is 0 Å². The van der Waals surface area contributed by atoms with Crippen molar-refractivity contribution in [2.45, 2.75) is 48.0 Å². The topological polar surface area (TPSA) is 26.3 Å². The molecule has 0 heterocycles. The molecule has 0 aromatic carbocycles. The van der Waals surface area contributed by atoms with Crippen LogP contribution in [0.4, 0.5) is 0 Å². The second kappa shape index (κ2) is 5.53. The summed E-state index contributed by atoms with van der Waals surface area (Å²) in [7, 11) is 1.47. The van der Waals surface area contributed by atoms with Crippen LogP contribution in [0.3, 0.4) is 0 Å². The number of carbonyl (C=O) groups excluding carboxylic acids is 1. The zero-order valence-electron chi connectivity index (χ0n) is 11.3. The number of hydrogen-bond donors (Lipinski definition) is 0. The van der Waals surface area contributed by atoms with E-state index in [1.165, 1.54) is 7.11 Å². The summed E-state index contributed by atoms with van der Waals surface area (Å²) in [5, 5.41) is 0.